The second kappa shape index (κ2) is 4.76. The Morgan fingerprint density at radius 3 is 3.29 bits per heavy atom. The fraction of sp³-hybridized carbons (Fsp3) is 0.750. The van der Waals surface area contributed by atoms with Crippen LogP contribution in [0.4, 0.5) is 0 Å². The molecule has 1 N–H and O–H groups in total. The highest BCUT2D eigenvalue weighted by Crippen LogP contribution is 2.17. The van der Waals surface area contributed by atoms with Gasteiger partial charge in [0.1, 0.15) is 5.82 Å². The lowest BCUT2D eigenvalue weighted by Gasteiger charge is -2.38. The number of nitrogens with zero attached hydrogens (tertiary/aromatic N) is 3. The Morgan fingerprint density at radius 2 is 2.47 bits per heavy atom. The molecule has 5 nitrogen and oxygen atoms in total. The van der Waals surface area contributed by atoms with Crippen LogP contribution in [0.15, 0.2) is 12.4 Å². The maximum Gasteiger partial charge on any atom is 0.122 e. The van der Waals surface area contributed by atoms with Gasteiger partial charge in [0, 0.05) is 44.6 Å². The van der Waals surface area contributed by atoms with E-state index in [2.05, 4.69) is 32.9 Å². The van der Waals surface area contributed by atoms with Crippen molar-refractivity contribution in [2.45, 2.75) is 32.2 Å². The van der Waals surface area contributed by atoms with Crippen molar-refractivity contribution in [1.82, 2.24) is 19.8 Å². The SMILES string of the molecule is CC(C1CNCCO1)N1CCn2ccnc2C1. The highest BCUT2D eigenvalue weighted by Gasteiger charge is 2.28. The van der Waals surface area contributed by atoms with E-state index in [1.165, 1.54) is 5.82 Å². The van der Waals surface area contributed by atoms with Crippen LogP contribution in [0.25, 0.3) is 0 Å². The van der Waals surface area contributed by atoms with E-state index in [4.69, 9.17) is 4.74 Å². The predicted octanol–water partition coefficient (Wildman–Crippen LogP) is 0.0756. The molecule has 94 valence electrons. The Hall–Kier alpha value is -0.910. The van der Waals surface area contributed by atoms with E-state index in [0.717, 1.165) is 39.3 Å². The normalized spacial score (nSPS) is 27.7. The summed E-state index contributed by atoms with van der Waals surface area (Å²) in [5, 5.41) is 3.40. The van der Waals surface area contributed by atoms with Gasteiger partial charge in [0.05, 0.1) is 19.3 Å². The minimum absolute atomic E-state index is 0.310. The molecule has 1 aromatic rings. The third kappa shape index (κ3) is 2.22. The molecule has 2 atom stereocenters. The van der Waals surface area contributed by atoms with Crippen molar-refractivity contribution in [3.05, 3.63) is 18.2 Å². The molecule has 0 spiro atoms. The highest BCUT2D eigenvalue weighted by molar-refractivity contribution is 4.97. The van der Waals surface area contributed by atoms with Crippen LogP contribution in [0.2, 0.25) is 0 Å². The monoisotopic (exact) mass is 236 g/mol. The first-order valence-electron chi connectivity index (χ1n) is 6.41. The zero-order valence-electron chi connectivity index (χ0n) is 10.3. The van der Waals surface area contributed by atoms with Crippen molar-refractivity contribution in [3.63, 3.8) is 0 Å². The number of fused-ring (bicyclic) bond motifs is 1. The predicted molar refractivity (Wildman–Crippen MR) is 64.7 cm³/mol. The molecule has 0 saturated carbocycles. The molecule has 0 bridgehead atoms. The second-order valence-electron chi connectivity index (χ2n) is 4.86. The van der Waals surface area contributed by atoms with E-state index in [1.807, 2.05) is 6.20 Å². The zero-order chi connectivity index (χ0) is 11.7. The Kier molecular flexibility index (Phi) is 3.13. The van der Waals surface area contributed by atoms with Gasteiger partial charge in [-0.05, 0) is 6.92 Å². The maximum atomic E-state index is 5.83. The van der Waals surface area contributed by atoms with Crippen LogP contribution in [-0.2, 0) is 17.8 Å². The first-order valence-corrected chi connectivity index (χ1v) is 6.41. The minimum Gasteiger partial charge on any atom is -0.374 e. The van der Waals surface area contributed by atoms with Crippen molar-refractivity contribution in [3.8, 4) is 0 Å². The molecule has 0 aromatic carbocycles. The van der Waals surface area contributed by atoms with Gasteiger partial charge in [-0.2, -0.15) is 0 Å². The summed E-state index contributed by atoms with van der Waals surface area (Å²) >= 11 is 0. The zero-order valence-corrected chi connectivity index (χ0v) is 10.3. The van der Waals surface area contributed by atoms with Crippen LogP contribution >= 0.6 is 0 Å². The molecule has 1 aromatic heterocycles. The molecular formula is C12H20N4O. The Balaban J connectivity index is 1.65. The van der Waals surface area contributed by atoms with Gasteiger partial charge < -0.3 is 14.6 Å². The fourth-order valence-corrected chi connectivity index (χ4v) is 2.67. The first-order chi connectivity index (χ1) is 8.34. The van der Waals surface area contributed by atoms with E-state index in [1.54, 1.807) is 0 Å². The third-order valence-corrected chi connectivity index (χ3v) is 3.84. The molecule has 2 aliphatic heterocycles. The van der Waals surface area contributed by atoms with Gasteiger partial charge in [-0.3, -0.25) is 4.90 Å². The summed E-state index contributed by atoms with van der Waals surface area (Å²) in [6.45, 7) is 8.10. The number of hydrogen-bond acceptors (Lipinski definition) is 4. The van der Waals surface area contributed by atoms with E-state index >= 15 is 0 Å². The maximum absolute atomic E-state index is 5.83. The van der Waals surface area contributed by atoms with Gasteiger partial charge in [-0.15, -0.1) is 0 Å². The number of ether oxygens (including phenoxy) is 1. The third-order valence-electron chi connectivity index (χ3n) is 3.84. The average Bonchev–Trinajstić information content (AvgIpc) is 2.86. The molecule has 1 saturated heterocycles. The molecular weight excluding hydrogens is 216 g/mol. The lowest BCUT2D eigenvalue weighted by atomic mass is 10.1. The number of hydrogen-bond donors (Lipinski definition) is 1. The Morgan fingerprint density at radius 1 is 1.53 bits per heavy atom. The summed E-state index contributed by atoms with van der Waals surface area (Å²) in [6, 6.07) is 0.452. The van der Waals surface area contributed by atoms with Crippen molar-refractivity contribution in [2.75, 3.05) is 26.2 Å². The summed E-state index contributed by atoms with van der Waals surface area (Å²) in [5.74, 6) is 1.17. The van der Waals surface area contributed by atoms with Crippen molar-refractivity contribution < 1.29 is 4.74 Å². The van der Waals surface area contributed by atoms with Gasteiger partial charge in [0.2, 0.25) is 0 Å². The number of morpholine rings is 1. The lowest BCUT2D eigenvalue weighted by molar-refractivity contribution is -0.0328. The molecule has 0 radical (unpaired) electrons. The average molecular weight is 236 g/mol. The van der Waals surface area contributed by atoms with Gasteiger partial charge in [-0.1, -0.05) is 0 Å². The lowest BCUT2D eigenvalue weighted by Crippen LogP contribution is -2.52. The molecule has 2 aliphatic rings. The molecule has 1 fully saturated rings. The summed E-state index contributed by atoms with van der Waals surface area (Å²) in [6.07, 6.45) is 4.27. The number of aromatic nitrogens is 2. The Bertz CT molecular complexity index is 372. The van der Waals surface area contributed by atoms with Crippen LogP contribution in [-0.4, -0.2) is 52.8 Å². The van der Waals surface area contributed by atoms with Crippen LogP contribution in [0.1, 0.15) is 12.7 Å². The van der Waals surface area contributed by atoms with Gasteiger partial charge in [-0.25, -0.2) is 4.98 Å². The van der Waals surface area contributed by atoms with Crippen molar-refractivity contribution in [1.29, 1.82) is 0 Å². The van der Waals surface area contributed by atoms with E-state index in [0.29, 0.717) is 12.1 Å². The van der Waals surface area contributed by atoms with E-state index in [9.17, 15) is 0 Å². The molecule has 17 heavy (non-hydrogen) atoms. The standard InChI is InChI=1S/C12H20N4O/c1-10(11-8-13-3-7-17-11)16-6-5-15-4-2-14-12(15)9-16/h2,4,10-11,13H,3,5-9H2,1H3. The van der Waals surface area contributed by atoms with Crippen LogP contribution in [0.5, 0.6) is 0 Å². The fourth-order valence-electron chi connectivity index (χ4n) is 2.67. The van der Waals surface area contributed by atoms with Gasteiger partial charge in [0.25, 0.3) is 0 Å². The second-order valence-corrected chi connectivity index (χ2v) is 4.86. The van der Waals surface area contributed by atoms with Gasteiger partial charge >= 0.3 is 0 Å². The van der Waals surface area contributed by atoms with Crippen LogP contribution in [0.3, 0.4) is 0 Å². The number of imidazole rings is 1. The smallest absolute Gasteiger partial charge is 0.122 e. The quantitative estimate of drug-likeness (QED) is 0.789. The van der Waals surface area contributed by atoms with Crippen molar-refractivity contribution >= 4 is 0 Å². The highest BCUT2D eigenvalue weighted by atomic mass is 16.5. The summed E-state index contributed by atoms with van der Waals surface area (Å²) in [7, 11) is 0. The molecule has 3 heterocycles. The molecule has 3 rings (SSSR count). The first kappa shape index (κ1) is 11.2. The summed E-state index contributed by atoms with van der Waals surface area (Å²) in [4.78, 5) is 6.87. The van der Waals surface area contributed by atoms with E-state index in [-0.39, 0.29) is 0 Å². The van der Waals surface area contributed by atoms with Crippen molar-refractivity contribution in [2.24, 2.45) is 0 Å². The summed E-state index contributed by atoms with van der Waals surface area (Å²) in [5.41, 5.74) is 0. The molecule has 2 unspecified atom stereocenters. The minimum atomic E-state index is 0.310. The molecule has 0 aliphatic carbocycles. The number of rotatable bonds is 2. The topological polar surface area (TPSA) is 42.3 Å². The van der Waals surface area contributed by atoms with Crippen LogP contribution < -0.4 is 5.32 Å². The molecule has 0 amide bonds. The summed E-state index contributed by atoms with van der Waals surface area (Å²) < 4.78 is 8.07. The number of nitrogens with one attached hydrogen (secondary N) is 1. The molecule has 5 heteroatoms. The van der Waals surface area contributed by atoms with E-state index < -0.39 is 0 Å². The Labute approximate surface area is 102 Å². The van der Waals surface area contributed by atoms with Crippen LogP contribution in [0, 0.1) is 0 Å². The van der Waals surface area contributed by atoms with Gasteiger partial charge in [0.15, 0.2) is 0 Å². The largest absolute Gasteiger partial charge is 0.374 e.